The fourth-order valence-corrected chi connectivity index (χ4v) is 2.31. The topological polar surface area (TPSA) is 36.7 Å². The van der Waals surface area contributed by atoms with Gasteiger partial charge in [-0.25, -0.2) is 9.50 Å². The van der Waals surface area contributed by atoms with E-state index in [4.69, 9.17) is 0 Å². The zero-order valence-corrected chi connectivity index (χ0v) is 10.8. The van der Waals surface area contributed by atoms with Crippen LogP contribution in [0.25, 0.3) is 5.65 Å². The molecule has 96 valence electrons. The number of piperazine rings is 1. The molecule has 0 spiro atoms. The summed E-state index contributed by atoms with van der Waals surface area (Å²) >= 11 is 0. The summed E-state index contributed by atoms with van der Waals surface area (Å²) in [4.78, 5) is 9.39. The summed E-state index contributed by atoms with van der Waals surface area (Å²) in [6, 6.07) is 5.96. The minimum absolute atomic E-state index is 0.936. The zero-order chi connectivity index (χ0) is 12.4. The second kappa shape index (κ2) is 5.04. The lowest BCUT2D eigenvalue weighted by molar-refractivity contribution is 0.155. The summed E-state index contributed by atoms with van der Waals surface area (Å²) in [6.07, 6.45) is 2.88. The van der Waals surface area contributed by atoms with Crippen molar-refractivity contribution in [2.45, 2.75) is 6.42 Å². The van der Waals surface area contributed by atoms with E-state index < -0.39 is 0 Å². The van der Waals surface area contributed by atoms with Crippen molar-refractivity contribution < 1.29 is 0 Å². The number of pyridine rings is 1. The molecule has 3 heterocycles. The fraction of sp³-hybridized carbons (Fsp3) is 0.538. The maximum absolute atomic E-state index is 4.53. The van der Waals surface area contributed by atoms with Crippen LogP contribution in [-0.4, -0.2) is 64.2 Å². The van der Waals surface area contributed by atoms with Crippen LogP contribution in [0.15, 0.2) is 24.4 Å². The maximum atomic E-state index is 4.53. The lowest BCUT2D eigenvalue weighted by Gasteiger charge is -2.31. The van der Waals surface area contributed by atoms with Crippen molar-refractivity contribution in [2.75, 3.05) is 39.8 Å². The Morgan fingerprint density at radius 3 is 2.78 bits per heavy atom. The van der Waals surface area contributed by atoms with Crippen LogP contribution in [0, 0.1) is 0 Å². The number of nitrogens with zero attached hydrogens (tertiary/aromatic N) is 5. The van der Waals surface area contributed by atoms with Gasteiger partial charge in [0.15, 0.2) is 11.5 Å². The van der Waals surface area contributed by atoms with Crippen molar-refractivity contribution in [3.8, 4) is 0 Å². The Bertz CT molecular complexity index is 480. The van der Waals surface area contributed by atoms with Gasteiger partial charge in [-0.05, 0) is 19.2 Å². The lowest BCUT2D eigenvalue weighted by Crippen LogP contribution is -2.45. The van der Waals surface area contributed by atoms with Crippen LogP contribution in [-0.2, 0) is 6.42 Å². The van der Waals surface area contributed by atoms with Crippen molar-refractivity contribution in [3.05, 3.63) is 30.2 Å². The van der Waals surface area contributed by atoms with Gasteiger partial charge in [0, 0.05) is 45.3 Å². The summed E-state index contributed by atoms with van der Waals surface area (Å²) in [5, 5.41) is 4.48. The molecule has 0 N–H and O–H groups in total. The first kappa shape index (κ1) is 11.6. The van der Waals surface area contributed by atoms with Crippen molar-refractivity contribution in [3.63, 3.8) is 0 Å². The van der Waals surface area contributed by atoms with Gasteiger partial charge in [-0.1, -0.05) is 6.07 Å². The van der Waals surface area contributed by atoms with Crippen LogP contribution in [0.5, 0.6) is 0 Å². The molecule has 2 aromatic rings. The molecule has 3 rings (SSSR count). The van der Waals surface area contributed by atoms with E-state index in [0.717, 1.165) is 37.5 Å². The van der Waals surface area contributed by atoms with Crippen molar-refractivity contribution in [1.29, 1.82) is 0 Å². The predicted octanol–water partition coefficient (Wildman–Crippen LogP) is 0.519. The summed E-state index contributed by atoms with van der Waals surface area (Å²) in [7, 11) is 2.18. The quantitative estimate of drug-likeness (QED) is 0.790. The van der Waals surface area contributed by atoms with E-state index >= 15 is 0 Å². The molecular weight excluding hydrogens is 226 g/mol. The molecular formula is C13H19N5. The molecule has 0 saturated carbocycles. The molecule has 5 nitrogen and oxygen atoms in total. The first-order valence-electron chi connectivity index (χ1n) is 6.52. The fourth-order valence-electron chi connectivity index (χ4n) is 2.31. The Kier molecular flexibility index (Phi) is 3.25. The molecule has 5 heteroatoms. The average Bonchev–Trinajstić information content (AvgIpc) is 2.81. The SMILES string of the molecule is CN1CCN(CCc2nc3ccccn3n2)CC1. The maximum Gasteiger partial charge on any atom is 0.155 e. The molecule has 2 aromatic heterocycles. The van der Waals surface area contributed by atoms with Crippen LogP contribution in [0.4, 0.5) is 0 Å². The number of hydrogen-bond donors (Lipinski definition) is 0. The Morgan fingerprint density at radius 2 is 2.00 bits per heavy atom. The van der Waals surface area contributed by atoms with Crippen LogP contribution in [0.1, 0.15) is 5.82 Å². The van der Waals surface area contributed by atoms with Crippen molar-refractivity contribution >= 4 is 5.65 Å². The Labute approximate surface area is 107 Å². The highest BCUT2D eigenvalue weighted by Crippen LogP contribution is 2.04. The smallest absolute Gasteiger partial charge is 0.155 e. The third-order valence-corrected chi connectivity index (χ3v) is 3.53. The highest BCUT2D eigenvalue weighted by Gasteiger charge is 2.14. The second-order valence-electron chi connectivity index (χ2n) is 4.93. The van der Waals surface area contributed by atoms with Gasteiger partial charge in [0.25, 0.3) is 0 Å². The number of fused-ring (bicyclic) bond motifs is 1. The van der Waals surface area contributed by atoms with Gasteiger partial charge in [-0.15, -0.1) is 0 Å². The van der Waals surface area contributed by atoms with Gasteiger partial charge in [0.2, 0.25) is 0 Å². The number of likely N-dealkylation sites (N-methyl/N-ethyl adjacent to an activating group) is 1. The van der Waals surface area contributed by atoms with E-state index in [0.29, 0.717) is 0 Å². The van der Waals surface area contributed by atoms with E-state index in [2.05, 4.69) is 26.9 Å². The Morgan fingerprint density at radius 1 is 1.17 bits per heavy atom. The van der Waals surface area contributed by atoms with Gasteiger partial charge in [0.1, 0.15) is 0 Å². The number of aromatic nitrogens is 3. The van der Waals surface area contributed by atoms with Crippen LogP contribution in [0.3, 0.4) is 0 Å². The van der Waals surface area contributed by atoms with Crippen LogP contribution in [0.2, 0.25) is 0 Å². The largest absolute Gasteiger partial charge is 0.304 e. The molecule has 1 aliphatic rings. The van der Waals surface area contributed by atoms with Gasteiger partial charge < -0.3 is 9.80 Å². The van der Waals surface area contributed by atoms with Crippen molar-refractivity contribution in [2.24, 2.45) is 0 Å². The van der Waals surface area contributed by atoms with Gasteiger partial charge in [-0.3, -0.25) is 0 Å². The van der Waals surface area contributed by atoms with Crippen molar-refractivity contribution in [1.82, 2.24) is 24.4 Å². The van der Waals surface area contributed by atoms with Gasteiger partial charge in [0.05, 0.1) is 0 Å². The standard InChI is InChI=1S/C13H19N5/c1-16-8-10-17(11-9-16)7-5-12-14-13-4-2-3-6-18(13)15-12/h2-4,6H,5,7-11H2,1H3. The number of hydrogen-bond acceptors (Lipinski definition) is 4. The first-order chi connectivity index (χ1) is 8.81. The van der Waals surface area contributed by atoms with Gasteiger partial charge >= 0.3 is 0 Å². The minimum Gasteiger partial charge on any atom is -0.304 e. The molecule has 1 fully saturated rings. The van der Waals surface area contributed by atoms with E-state index in [-0.39, 0.29) is 0 Å². The van der Waals surface area contributed by atoms with Gasteiger partial charge in [-0.2, -0.15) is 5.10 Å². The van der Waals surface area contributed by atoms with Crippen LogP contribution >= 0.6 is 0 Å². The van der Waals surface area contributed by atoms with E-state index in [1.807, 2.05) is 28.9 Å². The highest BCUT2D eigenvalue weighted by molar-refractivity contribution is 5.36. The molecule has 0 aliphatic carbocycles. The van der Waals surface area contributed by atoms with Crippen LogP contribution < -0.4 is 0 Å². The molecule has 0 aromatic carbocycles. The third-order valence-electron chi connectivity index (χ3n) is 3.53. The molecule has 0 unspecified atom stereocenters. The van der Waals surface area contributed by atoms with E-state index in [1.54, 1.807) is 0 Å². The highest BCUT2D eigenvalue weighted by atomic mass is 15.3. The monoisotopic (exact) mass is 245 g/mol. The first-order valence-corrected chi connectivity index (χ1v) is 6.52. The zero-order valence-electron chi connectivity index (χ0n) is 10.8. The minimum atomic E-state index is 0.936. The average molecular weight is 245 g/mol. The molecule has 0 bridgehead atoms. The summed E-state index contributed by atoms with van der Waals surface area (Å²) < 4.78 is 1.85. The molecule has 1 aliphatic heterocycles. The van der Waals surface area contributed by atoms with E-state index in [9.17, 15) is 0 Å². The predicted molar refractivity (Wildman–Crippen MR) is 70.6 cm³/mol. The summed E-state index contributed by atoms with van der Waals surface area (Å²) in [5.74, 6) is 0.945. The molecule has 1 saturated heterocycles. The lowest BCUT2D eigenvalue weighted by atomic mass is 10.3. The Hall–Kier alpha value is -1.46. The normalized spacial score (nSPS) is 18.5. The second-order valence-corrected chi connectivity index (χ2v) is 4.93. The summed E-state index contributed by atoms with van der Waals surface area (Å²) in [5.41, 5.74) is 0.936. The molecule has 18 heavy (non-hydrogen) atoms. The molecule has 0 radical (unpaired) electrons. The number of rotatable bonds is 3. The van der Waals surface area contributed by atoms with E-state index in [1.165, 1.54) is 13.1 Å². The Balaban J connectivity index is 1.59. The summed E-state index contributed by atoms with van der Waals surface area (Å²) in [6.45, 7) is 5.70. The molecule has 0 atom stereocenters. The third kappa shape index (κ3) is 2.52. The molecule has 0 amide bonds.